The van der Waals surface area contributed by atoms with Crippen molar-refractivity contribution >= 4 is 27.4 Å². The Hall–Kier alpha value is -2.84. The average Bonchev–Trinajstić information content (AvgIpc) is 3.43. The van der Waals surface area contributed by atoms with Gasteiger partial charge in [0.05, 0.1) is 24.0 Å². The van der Waals surface area contributed by atoms with Crippen LogP contribution < -0.4 is 4.72 Å². The number of nitriles is 1. The molecular formula is C24H28N4O4S2. The SMILES string of the molecule is C=C(C#N)/C(=C\C=C\c1nnc(-c2cccc3c2CC[C@@H]3NS(=O)(=O)CCOC)s1)OC(C)C. The Labute approximate surface area is 204 Å². The van der Waals surface area contributed by atoms with E-state index in [-0.39, 0.29) is 30.1 Å². The Morgan fingerprint density at radius 3 is 2.91 bits per heavy atom. The molecule has 1 atom stereocenters. The van der Waals surface area contributed by atoms with Gasteiger partial charge in [-0.25, -0.2) is 13.1 Å². The number of hydrogen-bond acceptors (Lipinski definition) is 8. The maximum absolute atomic E-state index is 12.3. The van der Waals surface area contributed by atoms with Gasteiger partial charge in [0.25, 0.3) is 0 Å². The predicted octanol–water partition coefficient (Wildman–Crippen LogP) is 4.16. The lowest BCUT2D eigenvalue weighted by atomic mass is 10.0. The monoisotopic (exact) mass is 500 g/mol. The van der Waals surface area contributed by atoms with Crippen LogP contribution >= 0.6 is 11.3 Å². The fourth-order valence-electron chi connectivity index (χ4n) is 3.59. The van der Waals surface area contributed by atoms with Crippen molar-refractivity contribution in [2.75, 3.05) is 19.5 Å². The minimum atomic E-state index is -3.43. The molecule has 34 heavy (non-hydrogen) atoms. The molecule has 1 heterocycles. The first-order chi connectivity index (χ1) is 16.2. The molecule has 180 valence electrons. The van der Waals surface area contributed by atoms with E-state index in [9.17, 15) is 8.42 Å². The number of sulfonamides is 1. The van der Waals surface area contributed by atoms with Gasteiger partial charge in [0.1, 0.15) is 21.8 Å². The van der Waals surface area contributed by atoms with E-state index in [0.717, 1.165) is 28.1 Å². The highest BCUT2D eigenvalue weighted by molar-refractivity contribution is 7.89. The van der Waals surface area contributed by atoms with Gasteiger partial charge in [0, 0.05) is 18.7 Å². The second-order valence-electron chi connectivity index (χ2n) is 7.99. The first-order valence-corrected chi connectivity index (χ1v) is 13.3. The summed E-state index contributed by atoms with van der Waals surface area (Å²) in [6.45, 7) is 7.63. The van der Waals surface area contributed by atoms with Crippen molar-refractivity contribution in [2.45, 2.75) is 38.8 Å². The van der Waals surface area contributed by atoms with Gasteiger partial charge in [-0.3, -0.25) is 0 Å². The summed E-state index contributed by atoms with van der Waals surface area (Å²) >= 11 is 1.44. The van der Waals surface area contributed by atoms with E-state index in [1.807, 2.05) is 38.1 Å². The molecule has 0 fully saturated rings. The number of methoxy groups -OCH3 is 1. The van der Waals surface area contributed by atoms with Crippen LogP contribution in [-0.4, -0.2) is 44.2 Å². The normalized spacial score (nSPS) is 16.1. The molecule has 10 heteroatoms. The van der Waals surface area contributed by atoms with Crippen molar-refractivity contribution < 1.29 is 17.9 Å². The number of benzene rings is 1. The minimum absolute atomic E-state index is 0.0683. The summed E-state index contributed by atoms with van der Waals surface area (Å²) in [5.41, 5.74) is 3.28. The Bertz CT molecular complexity index is 1240. The number of nitrogens with zero attached hydrogens (tertiary/aromatic N) is 3. The summed E-state index contributed by atoms with van der Waals surface area (Å²) < 4.78 is 38.0. The van der Waals surface area contributed by atoms with Crippen molar-refractivity contribution in [3.05, 3.63) is 64.4 Å². The second kappa shape index (κ2) is 11.5. The van der Waals surface area contributed by atoms with Crippen LogP contribution in [-0.2, 0) is 25.9 Å². The van der Waals surface area contributed by atoms with Crippen LogP contribution in [0.15, 0.2) is 48.3 Å². The van der Waals surface area contributed by atoms with Crippen LogP contribution in [0.1, 0.15) is 42.4 Å². The Morgan fingerprint density at radius 1 is 1.41 bits per heavy atom. The summed E-state index contributed by atoms with van der Waals surface area (Å²) in [6.07, 6.45) is 6.61. The topological polar surface area (TPSA) is 114 Å². The Kier molecular flexibility index (Phi) is 8.74. The van der Waals surface area contributed by atoms with Gasteiger partial charge in [-0.05, 0) is 50.0 Å². The Balaban J connectivity index is 1.79. The van der Waals surface area contributed by atoms with Crippen LogP contribution in [0.25, 0.3) is 16.6 Å². The molecule has 1 aliphatic carbocycles. The molecule has 0 saturated heterocycles. The molecule has 1 aliphatic rings. The molecule has 1 aromatic heterocycles. The van der Waals surface area contributed by atoms with Gasteiger partial charge in [0.2, 0.25) is 10.0 Å². The van der Waals surface area contributed by atoms with Crippen molar-refractivity contribution in [1.29, 1.82) is 5.26 Å². The number of hydrogen-bond donors (Lipinski definition) is 1. The van der Waals surface area contributed by atoms with Crippen LogP contribution in [0.2, 0.25) is 0 Å². The smallest absolute Gasteiger partial charge is 0.214 e. The zero-order chi connectivity index (χ0) is 24.7. The van der Waals surface area contributed by atoms with Crippen LogP contribution in [0.3, 0.4) is 0 Å². The predicted molar refractivity (Wildman–Crippen MR) is 133 cm³/mol. The first-order valence-electron chi connectivity index (χ1n) is 10.8. The molecule has 0 radical (unpaired) electrons. The number of allylic oxidation sites excluding steroid dienone is 3. The quantitative estimate of drug-likeness (QED) is 0.280. The molecule has 8 nitrogen and oxygen atoms in total. The fraction of sp³-hybridized carbons (Fsp3) is 0.375. The average molecular weight is 501 g/mol. The maximum atomic E-state index is 12.3. The van der Waals surface area contributed by atoms with E-state index in [0.29, 0.717) is 17.2 Å². The number of aromatic nitrogens is 2. The summed E-state index contributed by atoms with van der Waals surface area (Å²) in [4.78, 5) is 0. The zero-order valence-corrected chi connectivity index (χ0v) is 21.1. The molecule has 0 amide bonds. The van der Waals surface area contributed by atoms with Crippen molar-refractivity contribution in [2.24, 2.45) is 0 Å². The highest BCUT2D eigenvalue weighted by Crippen LogP contribution is 2.39. The van der Waals surface area contributed by atoms with Gasteiger partial charge < -0.3 is 9.47 Å². The van der Waals surface area contributed by atoms with E-state index >= 15 is 0 Å². The van der Waals surface area contributed by atoms with Gasteiger partial charge in [-0.15, -0.1) is 10.2 Å². The van der Waals surface area contributed by atoms with Crippen LogP contribution in [0.4, 0.5) is 0 Å². The van der Waals surface area contributed by atoms with E-state index in [1.165, 1.54) is 18.4 Å². The summed E-state index contributed by atoms with van der Waals surface area (Å²) in [5, 5.41) is 19.2. The summed E-state index contributed by atoms with van der Waals surface area (Å²) in [7, 11) is -1.95. The molecule has 1 N–H and O–H groups in total. The second-order valence-corrected chi connectivity index (χ2v) is 10.9. The van der Waals surface area contributed by atoms with Crippen molar-refractivity contribution in [1.82, 2.24) is 14.9 Å². The molecule has 0 unspecified atom stereocenters. The fourth-order valence-corrected chi connectivity index (χ4v) is 5.59. The molecule has 3 rings (SSSR count). The number of fused-ring (bicyclic) bond motifs is 1. The molecule has 0 bridgehead atoms. The van der Waals surface area contributed by atoms with Crippen LogP contribution in [0, 0.1) is 11.3 Å². The third-order valence-electron chi connectivity index (χ3n) is 5.10. The third kappa shape index (κ3) is 6.61. The molecule has 1 aromatic carbocycles. The van der Waals surface area contributed by atoms with E-state index < -0.39 is 10.0 Å². The molecule has 0 saturated carbocycles. The molecule has 2 aromatic rings. The van der Waals surface area contributed by atoms with Crippen molar-refractivity contribution in [3.63, 3.8) is 0 Å². The summed E-state index contributed by atoms with van der Waals surface area (Å²) in [6, 6.07) is 7.60. The number of nitrogens with one attached hydrogen (secondary N) is 1. The Morgan fingerprint density at radius 2 is 2.21 bits per heavy atom. The van der Waals surface area contributed by atoms with Gasteiger partial charge >= 0.3 is 0 Å². The van der Waals surface area contributed by atoms with E-state index in [2.05, 4.69) is 21.5 Å². The molecule has 0 spiro atoms. The minimum Gasteiger partial charge on any atom is -0.490 e. The lowest BCUT2D eigenvalue weighted by Crippen LogP contribution is -2.31. The zero-order valence-electron chi connectivity index (χ0n) is 19.4. The van der Waals surface area contributed by atoms with Crippen LogP contribution in [0.5, 0.6) is 0 Å². The third-order valence-corrected chi connectivity index (χ3v) is 7.37. The molecular weight excluding hydrogens is 472 g/mol. The van der Waals surface area contributed by atoms with Gasteiger partial charge in [-0.1, -0.05) is 42.2 Å². The summed E-state index contributed by atoms with van der Waals surface area (Å²) in [5.74, 6) is 0.347. The first kappa shape index (κ1) is 25.8. The number of ether oxygens (including phenoxy) is 2. The van der Waals surface area contributed by atoms with E-state index in [1.54, 1.807) is 18.2 Å². The number of rotatable bonds is 11. The highest BCUT2D eigenvalue weighted by Gasteiger charge is 2.29. The molecule has 0 aliphatic heterocycles. The largest absolute Gasteiger partial charge is 0.490 e. The lowest BCUT2D eigenvalue weighted by molar-refractivity contribution is 0.156. The maximum Gasteiger partial charge on any atom is 0.214 e. The van der Waals surface area contributed by atoms with Crippen molar-refractivity contribution in [3.8, 4) is 16.6 Å². The van der Waals surface area contributed by atoms with Gasteiger partial charge in [0.15, 0.2) is 0 Å². The van der Waals surface area contributed by atoms with E-state index in [4.69, 9.17) is 14.7 Å². The highest BCUT2D eigenvalue weighted by atomic mass is 32.2. The van der Waals surface area contributed by atoms with Gasteiger partial charge in [-0.2, -0.15) is 5.26 Å². The lowest BCUT2D eigenvalue weighted by Gasteiger charge is -2.14. The standard InChI is InChI=1S/C24H28N4O4S2/c1-16(2)32-22(17(3)15-25)9-6-10-23-26-27-24(33-23)20-8-5-7-19-18(20)11-12-21(19)28-34(29,30)14-13-31-4/h5-10,16,21,28H,3,11-14H2,1-2,4H3/b10-6+,22-9+/t21-/m0/s1.